The van der Waals surface area contributed by atoms with Gasteiger partial charge in [-0.3, -0.25) is 4.72 Å². The van der Waals surface area contributed by atoms with Gasteiger partial charge in [0.05, 0.1) is 16.8 Å². The highest BCUT2D eigenvalue weighted by Crippen LogP contribution is 2.40. The van der Waals surface area contributed by atoms with Gasteiger partial charge in [-0.2, -0.15) is 0 Å². The third-order valence-electron chi connectivity index (χ3n) is 4.29. The molecule has 128 valence electrons. The van der Waals surface area contributed by atoms with E-state index in [0.29, 0.717) is 17.4 Å². The second-order valence-corrected chi connectivity index (χ2v) is 7.96. The molecular weight excluding hydrogens is 336 g/mol. The largest absolute Gasteiger partial charge is 0.440 e. The van der Waals surface area contributed by atoms with Crippen molar-refractivity contribution in [2.75, 3.05) is 4.72 Å². The van der Waals surface area contributed by atoms with E-state index in [0.717, 1.165) is 29.9 Å². The van der Waals surface area contributed by atoms with Gasteiger partial charge in [-0.15, -0.1) is 0 Å². The number of aromatic nitrogens is 1. The average Bonchev–Trinajstić information content (AvgIpc) is 3.34. The molecule has 1 aliphatic rings. The molecule has 1 N–H and O–H groups in total. The summed E-state index contributed by atoms with van der Waals surface area (Å²) < 4.78 is 33.5. The molecule has 1 fully saturated rings. The molecule has 1 heterocycles. The first-order valence-electron chi connectivity index (χ1n) is 8.17. The van der Waals surface area contributed by atoms with Crippen LogP contribution < -0.4 is 4.72 Å². The molecule has 1 aromatic heterocycles. The summed E-state index contributed by atoms with van der Waals surface area (Å²) in [6.07, 6.45) is 3.95. The van der Waals surface area contributed by atoms with Crippen LogP contribution in [0.2, 0.25) is 0 Å². The number of nitrogens with zero attached hydrogens (tertiary/aromatic N) is 1. The summed E-state index contributed by atoms with van der Waals surface area (Å²) >= 11 is 0. The van der Waals surface area contributed by atoms with E-state index in [1.54, 1.807) is 42.6 Å². The molecular formula is C19H18N2O3S. The number of sulfonamides is 1. The van der Waals surface area contributed by atoms with E-state index < -0.39 is 10.0 Å². The van der Waals surface area contributed by atoms with Crippen molar-refractivity contribution in [3.63, 3.8) is 0 Å². The Morgan fingerprint density at radius 3 is 2.48 bits per heavy atom. The van der Waals surface area contributed by atoms with E-state index in [2.05, 4.69) is 9.71 Å². The molecule has 3 aromatic rings. The molecule has 0 spiro atoms. The van der Waals surface area contributed by atoms with Crippen LogP contribution in [0.3, 0.4) is 0 Å². The maximum Gasteiger partial charge on any atom is 0.261 e. The summed E-state index contributed by atoms with van der Waals surface area (Å²) in [5.41, 5.74) is 2.27. The standard InChI is InChI=1S/C19H18N2O3S/c1-13-4-2-3-5-17(13)21-25(22,23)16-10-8-14(9-11-16)18-12-20-19(24-18)15-6-7-15/h2-5,8-12,15,21H,6-7H2,1H3. The molecule has 5 nitrogen and oxygen atoms in total. The van der Waals surface area contributed by atoms with Gasteiger partial charge in [-0.25, -0.2) is 13.4 Å². The van der Waals surface area contributed by atoms with Crippen molar-refractivity contribution >= 4 is 15.7 Å². The summed E-state index contributed by atoms with van der Waals surface area (Å²) in [6.45, 7) is 1.86. The topological polar surface area (TPSA) is 72.2 Å². The highest BCUT2D eigenvalue weighted by molar-refractivity contribution is 7.92. The van der Waals surface area contributed by atoms with Crippen LogP contribution in [0, 0.1) is 6.92 Å². The SMILES string of the molecule is Cc1ccccc1NS(=O)(=O)c1ccc(-c2cnc(C3CC3)o2)cc1. The minimum Gasteiger partial charge on any atom is -0.440 e. The minimum absolute atomic E-state index is 0.210. The Labute approximate surface area is 146 Å². The Morgan fingerprint density at radius 1 is 1.08 bits per heavy atom. The third-order valence-corrected chi connectivity index (χ3v) is 5.67. The molecule has 4 rings (SSSR count). The van der Waals surface area contributed by atoms with Gasteiger partial charge in [0.2, 0.25) is 0 Å². The maximum absolute atomic E-state index is 12.6. The first-order valence-corrected chi connectivity index (χ1v) is 9.66. The zero-order chi connectivity index (χ0) is 17.4. The zero-order valence-corrected chi connectivity index (χ0v) is 14.6. The molecule has 0 aliphatic heterocycles. The fraction of sp³-hybridized carbons (Fsp3) is 0.211. The van der Waals surface area contributed by atoms with Crippen molar-refractivity contribution in [2.45, 2.75) is 30.6 Å². The van der Waals surface area contributed by atoms with Crippen LogP contribution >= 0.6 is 0 Å². The van der Waals surface area contributed by atoms with Gasteiger partial charge >= 0.3 is 0 Å². The highest BCUT2D eigenvalue weighted by atomic mass is 32.2. The van der Waals surface area contributed by atoms with Crippen LogP contribution in [-0.4, -0.2) is 13.4 Å². The third kappa shape index (κ3) is 3.30. The van der Waals surface area contributed by atoms with Crippen molar-refractivity contribution in [1.82, 2.24) is 4.98 Å². The predicted octanol–water partition coefficient (Wildman–Crippen LogP) is 4.33. The van der Waals surface area contributed by atoms with Gasteiger partial charge in [-0.1, -0.05) is 18.2 Å². The van der Waals surface area contributed by atoms with Crippen molar-refractivity contribution in [1.29, 1.82) is 0 Å². The quantitative estimate of drug-likeness (QED) is 0.740. The fourth-order valence-electron chi connectivity index (χ4n) is 2.63. The van der Waals surface area contributed by atoms with Crippen LogP contribution in [0.25, 0.3) is 11.3 Å². The monoisotopic (exact) mass is 354 g/mol. The van der Waals surface area contributed by atoms with Gasteiger partial charge in [-0.05, 0) is 55.7 Å². The molecule has 0 amide bonds. The van der Waals surface area contributed by atoms with Gasteiger partial charge in [0, 0.05) is 11.5 Å². The molecule has 0 atom stereocenters. The number of rotatable bonds is 5. The van der Waals surface area contributed by atoms with E-state index >= 15 is 0 Å². The number of para-hydroxylation sites is 1. The number of oxazole rings is 1. The number of aryl methyl sites for hydroxylation is 1. The normalized spacial score (nSPS) is 14.4. The number of anilines is 1. The van der Waals surface area contributed by atoms with Crippen LogP contribution in [0.4, 0.5) is 5.69 Å². The number of benzene rings is 2. The Bertz CT molecular complexity index is 1000. The van der Waals surface area contributed by atoms with E-state index in [4.69, 9.17) is 4.42 Å². The molecule has 0 unspecified atom stereocenters. The molecule has 0 saturated heterocycles. The molecule has 2 aromatic carbocycles. The summed E-state index contributed by atoms with van der Waals surface area (Å²) in [5, 5.41) is 0. The van der Waals surface area contributed by atoms with Gasteiger partial charge in [0.1, 0.15) is 0 Å². The summed E-state index contributed by atoms with van der Waals surface area (Å²) in [6, 6.07) is 13.9. The van der Waals surface area contributed by atoms with Crippen LogP contribution in [0.5, 0.6) is 0 Å². The van der Waals surface area contributed by atoms with Gasteiger partial charge in [0.15, 0.2) is 11.7 Å². The van der Waals surface area contributed by atoms with Crippen LogP contribution in [0.1, 0.15) is 30.2 Å². The van der Waals surface area contributed by atoms with Crippen LogP contribution in [0.15, 0.2) is 64.0 Å². The van der Waals surface area contributed by atoms with Gasteiger partial charge < -0.3 is 4.42 Å². The molecule has 25 heavy (non-hydrogen) atoms. The number of hydrogen-bond acceptors (Lipinski definition) is 4. The Balaban J connectivity index is 1.57. The lowest BCUT2D eigenvalue weighted by atomic mass is 10.2. The van der Waals surface area contributed by atoms with E-state index in [-0.39, 0.29) is 4.90 Å². The molecule has 1 aliphatic carbocycles. The predicted molar refractivity (Wildman–Crippen MR) is 95.9 cm³/mol. The lowest BCUT2D eigenvalue weighted by molar-refractivity contribution is 0.509. The second kappa shape index (κ2) is 6.04. The average molecular weight is 354 g/mol. The summed E-state index contributed by atoms with van der Waals surface area (Å²) in [5.74, 6) is 1.89. The minimum atomic E-state index is -3.63. The van der Waals surface area contributed by atoms with E-state index in [1.165, 1.54) is 0 Å². The van der Waals surface area contributed by atoms with Crippen molar-refractivity contribution in [3.05, 3.63) is 66.2 Å². The number of hydrogen-bond donors (Lipinski definition) is 1. The molecule has 1 saturated carbocycles. The Morgan fingerprint density at radius 2 is 1.80 bits per heavy atom. The fourth-order valence-corrected chi connectivity index (χ4v) is 3.76. The zero-order valence-electron chi connectivity index (χ0n) is 13.8. The lowest BCUT2D eigenvalue weighted by Gasteiger charge is -2.10. The van der Waals surface area contributed by atoms with Crippen LogP contribution in [-0.2, 0) is 10.0 Å². The smallest absolute Gasteiger partial charge is 0.261 e. The van der Waals surface area contributed by atoms with Crippen molar-refractivity contribution in [2.24, 2.45) is 0 Å². The molecule has 0 radical (unpaired) electrons. The van der Waals surface area contributed by atoms with Crippen molar-refractivity contribution < 1.29 is 12.8 Å². The first kappa shape index (κ1) is 15.9. The summed E-state index contributed by atoms with van der Waals surface area (Å²) in [7, 11) is -3.63. The second-order valence-electron chi connectivity index (χ2n) is 6.28. The lowest BCUT2D eigenvalue weighted by Crippen LogP contribution is -2.13. The van der Waals surface area contributed by atoms with E-state index in [9.17, 15) is 8.42 Å². The molecule has 6 heteroatoms. The van der Waals surface area contributed by atoms with Crippen molar-refractivity contribution in [3.8, 4) is 11.3 Å². The summed E-state index contributed by atoms with van der Waals surface area (Å²) in [4.78, 5) is 4.50. The molecule has 0 bridgehead atoms. The number of nitrogens with one attached hydrogen (secondary N) is 1. The highest BCUT2D eigenvalue weighted by Gasteiger charge is 2.28. The Hall–Kier alpha value is -2.60. The first-order chi connectivity index (χ1) is 12.0. The van der Waals surface area contributed by atoms with Gasteiger partial charge in [0.25, 0.3) is 10.0 Å². The maximum atomic E-state index is 12.6. The van der Waals surface area contributed by atoms with E-state index in [1.807, 2.05) is 19.1 Å². The Kier molecular flexibility index (Phi) is 3.84.